The van der Waals surface area contributed by atoms with Gasteiger partial charge in [0.15, 0.2) is 0 Å². The molecule has 0 amide bonds. The normalized spacial score (nSPS) is 16.4. The van der Waals surface area contributed by atoms with Crippen LogP contribution in [-0.2, 0) is 0 Å². The molecule has 0 aromatic heterocycles. The van der Waals surface area contributed by atoms with E-state index in [-0.39, 0.29) is 0 Å². The van der Waals surface area contributed by atoms with Gasteiger partial charge in [-0.2, -0.15) is 0 Å². The smallest absolute Gasteiger partial charge is 0.0884 e. The van der Waals surface area contributed by atoms with Crippen molar-refractivity contribution in [1.29, 1.82) is 0 Å². The number of nitrogens with zero attached hydrogens (tertiary/aromatic N) is 2. The van der Waals surface area contributed by atoms with Crippen LogP contribution in [0.25, 0.3) is 0 Å². The zero-order chi connectivity index (χ0) is 8.27. The monoisotopic (exact) mass is 148 g/mol. The number of hydrogen-bond acceptors (Lipinski definition) is 2. The van der Waals surface area contributed by atoms with Crippen molar-refractivity contribution in [2.45, 2.75) is 20.8 Å². The van der Waals surface area contributed by atoms with E-state index in [9.17, 15) is 0 Å². The Labute approximate surface area is 67.1 Å². The average molecular weight is 148 g/mol. The van der Waals surface area contributed by atoms with Crippen molar-refractivity contribution >= 4 is 11.6 Å². The van der Waals surface area contributed by atoms with Gasteiger partial charge in [-0.05, 0) is 18.4 Å². The molecule has 0 fully saturated rings. The van der Waals surface area contributed by atoms with E-state index in [1.807, 2.05) is 13.1 Å². The van der Waals surface area contributed by atoms with E-state index in [0.29, 0.717) is 5.92 Å². The summed E-state index contributed by atoms with van der Waals surface area (Å²) in [5, 5.41) is 0. The summed E-state index contributed by atoms with van der Waals surface area (Å²) in [5.41, 5.74) is 2.22. The Kier molecular flexibility index (Phi) is 2.40. The highest BCUT2D eigenvalue weighted by molar-refractivity contribution is 5.99. The third-order valence-corrected chi connectivity index (χ3v) is 1.63. The summed E-state index contributed by atoms with van der Waals surface area (Å²) in [6.45, 7) is 6.25. The standard InChI is InChI=1S/C9H12N2/c1-7(2)9-6-10-4-5-11-8(9)3/h5-7H,1-3H3. The first-order valence-electron chi connectivity index (χ1n) is 3.73. The van der Waals surface area contributed by atoms with Gasteiger partial charge in [0.25, 0.3) is 0 Å². The van der Waals surface area contributed by atoms with Gasteiger partial charge in [-0.3, -0.25) is 4.99 Å². The molecule has 0 N–H and O–H groups in total. The van der Waals surface area contributed by atoms with Crippen molar-refractivity contribution in [2.24, 2.45) is 15.9 Å². The van der Waals surface area contributed by atoms with Crippen molar-refractivity contribution in [3.05, 3.63) is 18.0 Å². The van der Waals surface area contributed by atoms with Crippen LogP contribution in [0.5, 0.6) is 0 Å². The molecule has 2 heteroatoms. The molecule has 1 rings (SSSR count). The van der Waals surface area contributed by atoms with E-state index >= 15 is 0 Å². The van der Waals surface area contributed by atoms with Gasteiger partial charge in [0, 0.05) is 17.8 Å². The predicted molar refractivity (Wildman–Crippen MR) is 48.0 cm³/mol. The molecule has 0 saturated carbocycles. The van der Waals surface area contributed by atoms with E-state index < -0.39 is 0 Å². The molecule has 0 bridgehead atoms. The summed E-state index contributed by atoms with van der Waals surface area (Å²) in [6.07, 6.45) is 3.42. The first-order valence-corrected chi connectivity index (χ1v) is 3.73. The van der Waals surface area contributed by atoms with Crippen LogP contribution in [0.4, 0.5) is 0 Å². The van der Waals surface area contributed by atoms with Crippen LogP contribution in [-0.4, -0.2) is 11.6 Å². The lowest BCUT2D eigenvalue weighted by atomic mass is 10.0. The maximum Gasteiger partial charge on any atom is 0.0884 e. The zero-order valence-electron chi connectivity index (χ0n) is 7.13. The Hall–Kier alpha value is -1.14. The Morgan fingerprint density at radius 2 is 2.18 bits per heavy atom. The highest BCUT2D eigenvalue weighted by Crippen LogP contribution is 2.12. The second-order valence-corrected chi connectivity index (χ2v) is 2.84. The van der Waals surface area contributed by atoms with E-state index in [1.165, 1.54) is 5.57 Å². The van der Waals surface area contributed by atoms with Gasteiger partial charge >= 0.3 is 0 Å². The predicted octanol–water partition coefficient (Wildman–Crippen LogP) is 2.18. The Morgan fingerprint density at radius 1 is 1.45 bits per heavy atom. The minimum absolute atomic E-state index is 0.482. The molecule has 0 unspecified atom stereocenters. The van der Waals surface area contributed by atoms with E-state index in [1.54, 1.807) is 6.20 Å². The van der Waals surface area contributed by atoms with Crippen LogP contribution in [0.1, 0.15) is 20.8 Å². The van der Waals surface area contributed by atoms with Crippen molar-refractivity contribution in [3.63, 3.8) is 0 Å². The molecule has 0 radical (unpaired) electrons. The fourth-order valence-electron chi connectivity index (χ4n) is 1.00. The van der Waals surface area contributed by atoms with E-state index in [4.69, 9.17) is 0 Å². The van der Waals surface area contributed by atoms with Crippen molar-refractivity contribution < 1.29 is 0 Å². The molecule has 58 valence electrons. The molecule has 0 aromatic rings. The highest BCUT2D eigenvalue weighted by Gasteiger charge is 2.06. The number of aliphatic imine (C=N–C) groups is 2. The topological polar surface area (TPSA) is 24.7 Å². The fraction of sp³-hybridized carbons (Fsp3) is 0.444. The Bertz CT molecular complexity index is 263. The SMILES string of the molecule is CC1=NC=C=NC=C1C(C)C. The molecule has 0 spiro atoms. The summed E-state index contributed by atoms with van der Waals surface area (Å²) in [6, 6.07) is 0. The summed E-state index contributed by atoms with van der Waals surface area (Å²) < 4.78 is 0. The van der Waals surface area contributed by atoms with E-state index in [2.05, 4.69) is 29.7 Å². The highest BCUT2D eigenvalue weighted by atomic mass is 14.8. The number of allylic oxidation sites excluding steroid dienone is 1. The third kappa shape index (κ3) is 1.89. The Morgan fingerprint density at radius 3 is 2.82 bits per heavy atom. The minimum Gasteiger partial charge on any atom is -0.251 e. The first-order chi connectivity index (χ1) is 5.22. The van der Waals surface area contributed by atoms with Crippen LogP contribution in [0.2, 0.25) is 0 Å². The van der Waals surface area contributed by atoms with Gasteiger partial charge in [0.05, 0.1) is 6.20 Å². The molecular weight excluding hydrogens is 136 g/mol. The number of rotatable bonds is 1. The minimum atomic E-state index is 0.482. The maximum absolute atomic E-state index is 4.14. The second kappa shape index (κ2) is 3.31. The van der Waals surface area contributed by atoms with Gasteiger partial charge in [-0.1, -0.05) is 13.8 Å². The van der Waals surface area contributed by atoms with Gasteiger partial charge in [-0.25, -0.2) is 4.99 Å². The van der Waals surface area contributed by atoms with Gasteiger partial charge in [0.1, 0.15) is 0 Å². The van der Waals surface area contributed by atoms with Gasteiger partial charge in [0.2, 0.25) is 0 Å². The third-order valence-electron chi connectivity index (χ3n) is 1.63. The summed E-state index contributed by atoms with van der Waals surface area (Å²) in [7, 11) is 0. The van der Waals surface area contributed by atoms with Crippen LogP contribution >= 0.6 is 0 Å². The molecule has 1 aliphatic rings. The van der Waals surface area contributed by atoms with Crippen molar-refractivity contribution in [1.82, 2.24) is 0 Å². The first kappa shape index (κ1) is 7.96. The molecule has 1 aliphatic heterocycles. The number of hydrogen-bond donors (Lipinski definition) is 0. The molecule has 0 aromatic carbocycles. The second-order valence-electron chi connectivity index (χ2n) is 2.84. The summed E-state index contributed by atoms with van der Waals surface area (Å²) in [4.78, 5) is 8.09. The lowest BCUT2D eigenvalue weighted by molar-refractivity contribution is 0.799. The molecule has 11 heavy (non-hydrogen) atoms. The summed E-state index contributed by atoms with van der Waals surface area (Å²) >= 11 is 0. The molecule has 0 aliphatic carbocycles. The van der Waals surface area contributed by atoms with Crippen LogP contribution in [0.15, 0.2) is 28.0 Å². The fourth-order valence-corrected chi connectivity index (χ4v) is 1.00. The van der Waals surface area contributed by atoms with Gasteiger partial charge in [-0.15, -0.1) is 0 Å². The maximum atomic E-state index is 4.14. The average Bonchev–Trinajstić information content (AvgIpc) is 2.13. The molecule has 2 nitrogen and oxygen atoms in total. The van der Waals surface area contributed by atoms with E-state index in [0.717, 1.165) is 5.71 Å². The molecule has 1 heterocycles. The largest absolute Gasteiger partial charge is 0.251 e. The Balaban J connectivity index is 2.97. The molecule has 0 atom stereocenters. The molecule has 0 saturated heterocycles. The van der Waals surface area contributed by atoms with Crippen LogP contribution < -0.4 is 0 Å². The van der Waals surface area contributed by atoms with Crippen molar-refractivity contribution in [3.8, 4) is 0 Å². The lowest BCUT2D eigenvalue weighted by Gasteiger charge is -2.07. The summed E-state index contributed by atoms with van der Waals surface area (Å²) in [5.74, 6) is 3.18. The lowest BCUT2D eigenvalue weighted by Crippen LogP contribution is -2.03. The quantitative estimate of drug-likeness (QED) is 0.544. The van der Waals surface area contributed by atoms with Crippen LogP contribution in [0.3, 0.4) is 0 Å². The van der Waals surface area contributed by atoms with Crippen LogP contribution in [0, 0.1) is 5.92 Å². The zero-order valence-corrected chi connectivity index (χ0v) is 7.13. The van der Waals surface area contributed by atoms with Crippen molar-refractivity contribution in [2.75, 3.05) is 0 Å². The van der Waals surface area contributed by atoms with Gasteiger partial charge < -0.3 is 0 Å². The molecular formula is C9H12N2.